The highest BCUT2D eigenvalue weighted by Crippen LogP contribution is 2.17. The van der Waals surface area contributed by atoms with Crippen LogP contribution in [-0.2, 0) is 6.54 Å². The summed E-state index contributed by atoms with van der Waals surface area (Å²) in [6.07, 6.45) is 3.59. The third-order valence-electron chi connectivity index (χ3n) is 3.42. The second kappa shape index (κ2) is 8.51. The lowest BCUT2D eigenvalue weighted by atomic mass is 10.2. The number of H-pyrrole nitrogens is 1. The molecule has 1 heterocycles. The van der Waals surface area contributed by atoms with Gasteiger partial charge in [-0.15, -0.1) is 0 Å². The van der Waals surface area contributed by atoms with E-state index in [2.05, 4.69) is 4.98 Å². The highest BCUT2D eigenvalue weighted by Gasteiger charge is 2.17. The number of aromatic nitrogens is 2. The van der Waals surface area contributed by atoms with Crippen LogP contribution in [0.15, 0.2) is 9.59 Å². The molecule has 0 aliphatic heterocycles. The Hall–Kier alpha value is -1.76. The van der Waals surface area contributed by atoms with Crippen molar-refractivity contribution in [3.63, 3.8) is 0 Å². The highest BCUT2D eigenvalue weighted by molar-refractivity contribution is 5.62. The van der Waals surface area contributed by atoms with Crippen LogP contribution < -0.4 is 21.9 Å². The minimum absolute atomic E-state index is 0.0727. The van der Waals surface area contributed by atoms with E-state index in [9.17, 15) is 14.7 Å². The highest BCUT2D eigenvalue weighted by atomic mass is 16.3. The summed E-state index contributed by atoms with van der Waals surface area (Å²) in [5, 5.41) is 9.18. The van der Waals surface area contributed by atoms with E-state index in [4.69, 9.17) is 5.73 Å². The number of aliphatic hydroxyl groups is 1. The predicted molar refractivity (Wildman–Crippen MR) is 84.8 cm³/mol. The maximum atomic E-state index is 12.1. The summed E-state index contributed by atoms with van der Waals surface area (Å²) < 4.78 is 1.40. The van der Waals surface area contributed by atoms with Crippen LogP contribution in [0.1, 0.15) is 39.5 Å². The molecule has 21 heavy (non-hydrogen) atoms. The van der Waals surface area contributed by atoms with Crippen LogP contribution in [0.2, 0.25) is 0 Å². The van der Waals surface area contributed by atoms with Crippen LogP contribution in [0.4, 0.5) is 11.5 Å². The zero-order chi connectivity index (χ0) is 15.8. The largest absolute Gasteiger partial charge is 0.395 e. The Bertz CT molecular complexity index is 550. The van der Waals surface area contributed by atoms with Gasteiger partial charge in [0.15, 0.2) is 0 Å². The number of nitrogen functional groups attached to an aromatic ring is 1. The standard InChI is InChI=1S/C14H26N4O3/c1-3-5-7-17(9-10-19)11-12(15)18(8-6-4-2)14(21)16-13(11)20/h19H,3-10,15H2,1-2H3,(H,16,20,21). The Morgan fingerprint density at radius 1 is 1.19 bits per heavy atom. The molecule has 0 fully saturated rings. The van der Waals surface area contributed by atoms with E-state index in [1.165, 1.54) is 4.57 Å². The molecule has 0 aliphatic rings. The number of nitrogens with two attached hydrogens (primary N) is 1. The van der Waals surface area contributed by atoms with Crippen molar-refractivity contribution in [2.75, 3.05) is 30.3 Å². The zero-order valence-corrected chi connectivity index (χ0v) is 12.9. The molecule has 0 radical (unpaired) electrons. The zero-order valence-electron chi connectivity index (χ0n) is 12.9. The van der Waals surface area contributed by atoms with Crippen LogP contribution >= 0.6 is 0 Å². The monoisotopic (exact) mass is 298 g/mol. The third kappa shape index (κ3) is 4.35. The van der Waals surface area contributed by atoms with Gasteiger partial charge in [-0.3, -0.25) is 14.3 Å². The molecule has 0 saturated carbocycles. The number of anilines is 2. The van der Waals surface area contributed by atoms with E-state index in [1.54, 1.807) is 4.90 Å². The molecular formula is C14H26N4O3. The number of nitrogens with zero attached hydrogens (tertiary/aromatic N) is 2. The first kappa shape index (κ1) is 17.3. The number of unbranched alkanes of at least 4 members (excludes halogenated alkanes) is 2. The Balaban J connectivity index is 3.25. The Kier molecular flexibility index (Phi) is 7.01. The van der Waals surface area contributed by atoms with E-state index >= 15 is 0 Å². The fourth-order valence-electron chi connectivity index (χ4n) is 2.23. The van der Waals surface area contributed by atoms with Gasteiger partial charge >= 0.3 is 5.69 Å². The van der Waals surface area contributed by atoms with Crippen molar-refractivity contribution in [3.8, 4) is 0 Å². The van der Waals surface area contributed by atoms with E-state index in [1.807, 2.05) is 13.8 Å². The number of rotatable bonds is 9. The summed E-state index contributed by atoms with van der Waals surface area (Å²) in [7, 11) is 0. The van der Waals surface area contributed by atoms with E-state index < -0.39 is 11.2 Å². The molecule has 0 aromatic carbocycles. The molecule has 7 nitrogen and oxygen atoms in total. The third-order valence-corrected chi connectivity index (χ3v) is 3.42. The number of hydrogen-bond acceptors (Lipinski definition) is 5. The summed E-state index contributed by atoms with van der Waals surface area (Å²) in [6, 6.07) is 0. The molecule has 0 spiro atoms. The molecule has 0 bridgehead atoms. The van der Waals surface area contributed by atoms with Gasteiger partial charge in [0.2, 0.25) is 0 Å². The molecule has 120 valence electrons. The molecule has 1 rings (SSSR count). The normalized spacial score (nSPS) is 10.8. The molecule has 0 aliphatic carbocycles. The molecule has 0 saturated heterocycles. The topological polar surface area (TPSA) is 104 Å². The number of aromatic amines is 1. The lowest BCUT2D eigenvalue weighted by Crippen LogP contribution is -2.40. The second-order valence-electron chi connectivity index (χ2n) is 5.06. The molecule has 0 amide bonds. The van der Waals surface area contributed by atoms with E-state index in [0.29, 0.717) is 19.6 Å². The van der Waals surface area contributed by atoms with Crippen molar-refractivity contribution in [1.29, 1.82) is 0 Å². The van der Waals surface area contributed by atoms with Crippen molar-refractivity contribution in [2.24, 2.45) is 0 Å². The van der Waals surface area contributed by atoms with Gasteiger partial charge in [0, 0.05) is 19.6 Å². The van der Waals surface area contributed by atoms with Crippen LogP contribution in [-0.4, -0.2) is 34.4 Å². The lowest BCUT2D eigenvalue weighted by Gasteiger charge is -2.25. The van der Waals surface area contributed by atoms with Crippen molar-refractivity contribution in [3.05, 3.63) is 20.8 Å². The van der Waals surface area contributed by atoms with Crippen LogP contribution in [0, 0.1) is 0 Å². The number of hydrogen-bond donors (Lipinski definition) is 3. The lowest BCUT2D eigenvalue weighted by molar-refractivity contribution is 0.301. The molecule has 1 aromatic rings. The molecule has 1 aromatic heterocycles. The molecule has 0 atom stereocenters. The summed E-state index contributed by atoms with van der Waals surface area (Å²) in [5.74, 6) is 0.182. The van der Waals surface area contributed by atoms with Crippen molar-refractivity contribution in [1.82, 2.24) is 9.55 Å². The maximum absolute atomic E-state index is 12.1. The first-order valence-electron chi connectivity index (χ1n) is 7.55. The van der Waals surface area contributed by atoms with Gasteiger partial charge in [-0.2, -0.15) is 0 Å². The van der Waals surface area contributed by atoms with E-state index in [0.717, 1.165) is 25.7 Å². The Morgan fingerprint density at radius 2 is 1.86 bits per heavy atom. The minimum Gasteiger partial charge on any atom is -0.395 e. The maximum Gasteiger partial charge on any atom is 0.330 e. The summed E-state index contributed by atoms with van der Waals surface area (Å²) in [4.78, 5) is 28.0. The summed E-state index contributed by atoms with van der Waals surface area (Å²) in [6.45, 7) is 5.41. The van der Waals surface area contributed by atoms with Gasteiger partial charge in [-0.1, -0.05) is 26.7 Å². The fourth-order valence-corrected chi connectivity index (χ4v) is 2.23. The van der Waals surface area contributed by atoms with E-state index in [-0.39, 0.29) is 18.1 Å². The SMILES string of the molecule is CCCCN(CCO)c1c(N)n(CCCC)c(=O)[nH]c1=O. The quantitative estimate of drug-likeness (QED) is 0.616. The van der Waals surface area contributed by atoms with Crippen LogP contribution in [0.5, 0.6) is 0 Å². The van der Waals surface area contributed by atoms with Gasteiger partial charge in [0.25, 0.3) is 5.56 Å². The first-order valence-corrected chi connectivity index (χ1v) is 7.55. The van der Waals surface area contributed by atoms with Gasteiger partial charge in [0.05, 0.1) is 6.61 Å². The fraction of sp³-hybridized carbons (Fsp3) is 0.714. The average molecular weight is 298 g/mol. The van der Waals surface area contributed by atoms with Crippen LogP contribution in [0.3, 0.4) is 0 Å². The summed E-state index contributed by atoms with van der Waals surface area (Å²) in [5.41, 5.74) is 5.37. The minimum atomic E-state index is -0.491. The van der Waals surface area contributed by atoms with Gasteiger partial charge in [0.1, 0.15) is 11.5 Å². The Morgan fingerprint density at radius 3 is 2.43 bits per heavy atom. The van der Waals surface area contributed by atoms with Crippen LogP contribution in [0.25, 0.3) is 0 Å². The molecule has 0 unspecified atom stereocenters. The number of aliphatic hydroxyl groups excluding tert-OH is 1. The molecular weight excluding hydrogens is 272 g/mol. The van der Waals surface area contributed by atoms with Gasteiger partial charge < -0.3 is 15.7 Å². The Labute approximate surface area is 124 Å². The summed E-state index contributed by atoms with van der Waals surface area (Å²) >= 11 is 0. The average Bonchev–Trinajstić information content (AvgIpc) is 2.44. The second-order valence-corrected chi connectivity index (χ2v) is 5.06. The van der Waals surface area contributed by atoms with Crippen molar-refractivity contribution in [2.45, 2.75) is 46.1 Å². The first-order chi connectivity index (χ1) is 10.1. The number of nitrogens with one attached hydrogen (secondary N) is 1. The molecule has 7 heteroatoms. The van der Waals surface area contributed by atoms with Crippen molar-refractivity contribution < 1.29 is 5.11 Å². The molecule has 4 N–H and O–H groups in total. The van der Waals surface area contributed by atoms with Crippen molar-refractivity contribution >= 4 is 11.5 Å². The van der Waals surface area contributed by atoms with Gasteiger partial charge in [-0.05, 0) is 12.8 Å². The predicted octanol–water partition coefficient (Wildman–Crippen LogP) is 0.518. The smallest absolute Gasteiger partial charge is 0.330 e. The van der Waals surface area contributed by atoms with Gasteiger partial charge in [-0.25, -0.2) is 4.79 Å².